The molecule has 1 aliphatic heterocycles. The maximum Gasteiger partial charge on any atom is 0.306 e. The molecule has 1 heterocycles. The van der Waals surface area contributed by atoms with Crippen molar-refractivity contribution in [3.8, 4) is 0 Å². The molecular formula is C16H23ClN2O3. The number of hydrogen-bond donors (Lipinski definition) is 2. The first-order valence-corrected chi connectivity index (χ1v) is 7.32. The van der Waals surface area contributed by atoms with Gasteiger partial charge in [-0.05, 0) is 38.4 Å². The molecule has 2 rings (SSSR count). The number of aliphatic carboxylic acids is 1. The van der Waals surface area contributed by atoms with Gasteiger partial charge in [0.25, 0.3) is 0 Å². The van der Waals surface area contributed by atoms with Crippen molar-refractivity contribution in [2.24, 2.45) is 5.92 Å². The second-order valence-corrected chi connectivity index (χ2v) is 5.65. The summed E-state index contributed by atoms with van der Waals surface area (Å²) >= 11 is 0. The molecule has 0 radical (unpaired) electrons. The number of carboxylic acids is 1. The Morgan fingerprint density at radius 3 is 2.59 bits per heavy atom. The highest BCUT2D eigenvalue weighted by Crippen LogP contribution is 2.16. The summed E-state index contributed by atoms with van der Waals surface area (Å²) in [6.45, 7) is 4.26. The molecule has 0 unspecified atom stereocenters. The molecular weight excluding hydrogens is 304 g/mol. The molecule has 1 aromatic rings. The lowest BCUT2D eigenvalue weighted by Crippen LogP contribution is -2.42. The molecule has 122 valence electrons. The average molecular weight is 327 g/mol. The summed E-state index contributed by atoms with van der Waals surface area (Å²) in [6, 6.07) is 8.05. The van der Waals surface area contributed by atoms with Gasteiger partial charge in [-0.3, -0.25) is 14.5 Å². The summed E-state index contributed by atoms with van der Waals surface area (Å²) in [5.74, 6) is -0.986. The van der Waals surface area contributed by atoms with Crippen LogP contribution < -0.4 is 5.32 Å². The van der Waals surface area contributed by atoms with Crippen LogP contribution in [0, 0.1) is 12.8 Å². The molecule has 1 amide bonds. The third-order valence-corrected chi connectivity index (χ3v) is 3.88. The van der Waals surface area contributed by atoms with Gasteiger partial charge >= 0.3 is 5.97 Å². The number of hydrogen-bond acceptors (Lipinski definition) is 3. The Bertz CT molecular complexity index is 514. The van der Waals surface area contributed by atoms with E-state index in [2.05, 4.69) is 11.4 Å². The number of nitrogens with one attached hydrogen (secondary N) is 1. The predicted octanol–water partition coefficient (Wildman–Crippen LogP) is 1.83. The molecule has 0 saturated carbocycles. The summed E-state index contributed by atoms with van der Waals surface area (Å²) in [7, 11) is 0. The van der Waals surface area contributed by atoms with Crippen LogP contribution in [0.3, 0.4) is 0 Å². The Morgan fingerprint density at radius 1 is 1.32 bits per heavy atom. The van der Waals surface area contributed by atoms with Gasteiger partial charge in [0.1, 0.15) is 0 Å². The minimum absolute atomic E-state index is 0. The Balaban J connectivity index is 0.00000242. The van der Waals surface area contributed by atoms with Gasteiger partial charge < -0.3 is 10.4 Å². The monoisotopic (exact) mass is 326 g/mol. The summed E-state index contributed by atoms with van der Waals surface area (Å²) in [5.41, 5.74) is 2.27. The molecule has 0 aliphatic carbocycles. The summed E-state index contributed by atoms with van der Waals surface area (Å²) in [5, 5.41) is 11.9. The van der Waals surface area contributed by atoms with Crippen LogP contribution in [0.4, 0.5) is 0 Å². The standard InChI is InChI=1S/C16H22N2O3.ClH/c1-12-3-2-4-13(9-12)10-17-15(19)11-18-7-5-14(6-8-18)16(20)21;/h2-4,9,14H,5-8,10-11H2,1H3,(H,17,19)(H,20,21);1H. The van der Waals surface area contributed by atoms with Gasteiger partial charge in [0, 0.05) is 6.54 Å². The van der Waals surface area contributed by atoms with Crippen molar-refractivity contribution in [3.05, 3.63) is 35.4 Å². The second kappa shape index (κ2) is 8.76. The van der Waals surface area contributed by atoms with Crippen molar-refractivity contribution in [3.63, 3.8) is 0 Å². The lowest BCUT2D eigenvalue weighted by atomic mass is 9.97. The molecule has 0 aromatic heterocycles. The largest absolute Gasteiger partial charge is 0.481 e. The number of rotatable bonds is 5. The molecule has 1 aliphatic rings. The third kappa shape index (κ3) is 5.66. The number of halogens is 1. The zero-order valence-corrected chi connectivity index (χ0v) is 13.6. The molecule has 0 atom stereocenters. The van der Waals surface area contributed by atoms with E-state index in [0.717, 1.165) is 5.56 Å². The van der Waals surface area contributed by atoms with E-state index >= 15 is 0 Å². The highest BCUT2D eigenvalue weighted by Gasteiger charge is 2.25. The maximum absolute atomic E-state index is 11.9. The van der Waals surface area contributed by atoms with Crippen molar-refractivity contribution in [1.82, 2.24) is 10.2 Å². The minimum atomic E-state index is -0.724. The van der Waals surface area contributed by atoms with E-state index in [9.17, 15) is 9.59 Å². The smallest absolute Gasteiger partial charge is 0.306 e. The van der Waals surface area contributed by atoms with Crippen LogP contribution in [0.5, 0.6) is 0 Å². The Labute approximate surface area is 137 Å². The molecule has 1 aromatic carbocycles. The van der Waals surface area contributed by atoms with E-state index in [4.69, 9.17) is 5.11 Å². The van der Waals surface area contributed by atoms with Gasteiger partial charge in [-0.2, -0.15) is 0 Å². The predicted molar refractivity (Wildman–Crippen MR) is 87.1 cm³/mol. The number of carboxylic acid groups (broad SMARTS) is 1. The fourth-order valence-electron chi connectivity index (χ4n) is 2.62. The van der Waals surface area contributed by atoms with Crippen molar-refractivity contribution in [1.29, 1.82) is 0 Å². The Hall–Kier alpha value is -1.59. The van der Waals surface area contributed by atoms with Crippen LogP contribution in [0.15, 0.2) is 24.3 Å². The number of likely N-dealkylation sites (tertiary alicyclic amines) is 1. The summed E-state index contributed by atoms with van der Waals surface area (Å²) < 4.78 is 0. The minimum Gasteiger partial charge on any atom is -0.481 e. The Morgan fingerprint density at radius 2 is 2.00 bits per heavy atom. The van der Waals surface area contributed by atoms with E-state index in [-0.39, 0.29) is 24.2 Å². The summed E-state index contributed by atoms with van der Waals surface area (Å²) in [6.07, 6.45) is 1.25. The number of aryl methyl sites for hydroxylation is 1. The number of piperidine rings is 1. The molecule has 6 heteroatoms. The van der Waals surface area contributed by atoms with Gasteiger partial charge in [-0.25, -0.2) is 0 Å². The van der Waals surface area contributed by atoms with Crippen LogP contribution in [0.1, 0.15) is 24.0 Å². The highest BCUT2D eigenvalue weighted by molar-refractivity contribution is 5.85. The molecule has 0 bridgehead atoms. The van der Waals surface area contributed by atoms with E-state index < -0.39 is 5.97 Å². The van der Waals surface area contributed by atoms with Crippen LogP contribution in [0.25, 0.3) is 0 Å². The van der Waals surface area contributed by atoms with Crippen molar-refractivity contribution >= 4 is 24.3 Å². The first kappa shape index (κ1) is 18.5. The zero-order valence-electron chi connectivity index (χ0n) is 12.7. The quantitative estimate of drug-likeness (QED) is 0.866. The molecule has 22 heavy (non-hydrogen) atoms. The first-order chi connectivity index (χ1) is 10.0. The summed E-state index contributed by atoms with van der Waals surface area (Å²) in [4.78, 5) is 24.8. The van der Waals surface area contributed by atoms with Crippen molar-refractivity contribution in [2.75, 3.05) is 19.6 Å². The number of carbonyl (C=O) groups excluding carboxylic acids is 1. The van der Waals surface area contributed by atoms with Crippen LogP contribution in [0.2, 0.25) is 0 Å². The highest BCUT2D eigenvalue weighted by atomic mass is 35.5. The van der Waals surface area contributed by atoms with E-state index in [1.807, 2.05) is 30.0 Å². The average Bonchev–Trinajstić information content (AvgIpc) is 2.46. The normalized spacial score (nSPS) is 15.9. The number of nitrogens with zero attached hydrogens (tertiary/aromatic N) is 1. The molecule has 1 fully saturated rings. The first-order valence-electron chi connectivity index (χ1n) is 7.32. The molecule has 5 nitrogen and oxygen atoms in total. The maximum atomic E-state index is 11.9. The van der Waals surface area contributed by atoms with Gasteiger partial charge in [0.05, 0.1) is 12.5 Å². The topological polar surface area (TPSA) is 69.6 Å². The van der Waals surface area contributed by atoms with Crippen LogP contribution in [-0.2, 0) is 16.1 Å². The zero-order chi connectivity index (χ0) is 15.2. The van der Waals surface area contributed by atoms with E-state index in [1.165, 1.54) is 5.56 Å². The van der Waals surface area contributed by atoms with Crippen LogP contribution in [-0.4, -0.2) is 41.5 Å². The van der Waals surface area contributed by atoms with Gasteiger partial charge in [0.15, 0.2) is 0 Å². The molecule has 1 saturated heterocycles. The lowest BCUT2D eigenvalue weighted by molar-refractivity contribution is -0.143. The Kier molecular flexibility index (Phi) is 7.35. The molecule has 2 N–H and O–H groups in total. The fourth-order valence-corrected chi connectivity index (χ4v) is 2.62. The van der Waals surface area contributed by atoms with Gasteiger partial charge in [-0.15, -0.1) is 12.4 Å². The molecule has 0 spiro atoms. The van der Waals surface area contributed by atoms with Crippen LogP contribution >= 0.6 is 12.4 Å². The lowest BCUT2D eigenvalue weighted by Gasteiger charge is -2.29. The van der Waals surface area contributed by atoms with Gasteiger partial charge in [-0.1, -0.05) is 29.8 Å². The van der Waals surface area contributed by atoms with E-state index in [0.29, 0.717) is 39.0 Å². The fraction of sp³-hybridized carbons (Fsp3) is 0.500. The number of carbonyl (C=O) groups is 2. The number of benzene rings is 1. The van der Waals surface area contributed by atoms with Gasteiger partial charge in [0.2, 0.25) is 5.91 Å². The third-order valence-electron chi connectivity index (χ3n) is 3.88. The van der Waals surface area contributed by atoms with Crippen molar-refractivity contribution < 1.29 is 14.7 Å². The van der Waals surface area contributed by atoms with E-state index in [1.54, 1.807) is 0 Å². The second-order valence-electron chi connectivity index (χ2n) is 5.65. The SMILES string of the molecule is Cc1cccc(CNC(=O)CN2CCC(C(=O)O)CC2)c1.Cl. The van der Waals surface area contributed by atoms with Crippen molar-refractivity contribution in [2.45, 2.75) is 26.3 Å². The number of amides is 1.